The van der Waals surface area contributed by atoms with E-state index in [1.54, 1.807) is 19.1 Å². The maximum atomic E-state index is 11.8. The molecule has 1 aromatic rings. The minimum absolute atomic E-state index is 0.157. The number of esters is 1. The van der Waals surface area contributed by atoms with Crippen molar-refractivity contribution in [3.05, 3.63) is 34.9 Å². The van der Waals surface area contributed by atoms with Crippen molar-refractivity contribution in [1.82, 2.24) is 0 Å². The van der Waals surface area contributed by atoms with Gasteiger partial charge >= 0.3 is 5.97 Å². The number of nitriles is 1. The summed E-state index contributed by atoms with van der Waals surface area (Å²) in [6.45, 7) is 8.17. The lowest BCUT2D eigenvalue weighted by molar-refractivity contribution is 0.0523. The van der Waals surface area contributed by atoms with Gasteiger partial charge in [-0.1, -0.05) is 26.8 Å². The van der Waals surface area contributed by atoms with E-state index in [0.29, 0.717) is 17.7 Å². The molecule has 0 saturated heterocycles. The molecule has 0 N–H and O–H groups in total. The molecule has 0 unspecified atom stereocenters. The van der Waals surface area contributed by atoms with E-state index in [1.165, 1.54) is 0 Å². The highest BCUT2D eigenvalue weighted by atomic mass is 16.5. The van der Waals surface area contributed by atoms with Crippen molar-refractivity contribution in [2.75, 3.05) is 6.61 Å². The van der Waals surface area contributed by atoms with Crippen LogP contribution in [0.1, 0.15) is 49.2 Å². The summed E-state index contributed by atoms with van der Waals surface area (Å²) in [6.07, 6.45) is 0. The van der Waals surface area contributed by atoms with Crippen molar-refractivity contribution >= 4 is 5.97 Å². The molecular weight excluding hydrogens is 214 g/mol. The summed E-state index contributed by atoms with van der Waals surface area (Å²) in [7, 11) is 0. The standard InChI is InChI=1S/C14H17NO2/c1-5-17-13(16)11-8-10(9-15)6-7-12(11)14(2,3)4/h6-8H,5H2,1-4H3. The van der Waals surface area contributed by atoms with E-state index in [0.717, 1.165) is 5.56 Å². The first-order chi connectivity index (χ1) is 7.90. The molecule has 0 heterocycles. The van der Waals surface area contributed by atoms with Crippen LogP contribution >= 0.6 is 0 Å². The molecule has 1 rings (SSSR count). The van der Waals surface area contributed by atoms with E-state index in [9.17, 15) is 4.79 Å². The van der Waals surface area contributed by atoms with Gasteiger partial charge in [0.25, 0.3) is 0 Å². The van der Waals surface area contributed by atoms with Crippen LogP contribution < -0.4 is 0 Å². The lowest BCUT2D eigenvalue weighted by atomic mass is 9.83. The minimum Gasteiger partial charge on any atom is -0.462 e. The third-order valence-corrected chi connectivity index (χ3v) is 2.45. The lowest BCUT2D eigenvalue weighted by Gasteiger charge is -2.22. The average Bonchev–Trinajstić information content (AvgIpc) is 2.27. The number of carbonyl (C=O) groups excluding carboxylic acids is 1. The number of nitrogens with zero attached hydrogens (tertiary/aromatic N) is 1. The van der Waals surface area contributed by atoms with Crippen molar-refractivity contribution in [2.45, 2.75) is 33.1 Å². The molecule has 0 aliphatic carbocycles. The Morgan fingerprint density at radius 3 is 2.53 bits per heavy atom. The molecule has 1 aromatic carbocycles. The van der Waals surface area contributed by atoms with Gasteiger partial charge in [-0.05, 0) is 30.0 Å². The zero-order chi connectivity index (χ0) is 13.1. The Bertz CT molecular complexity index is 464. The molecule has 0 bridgehead atoms. The van der Waals surface area contributed by atoms with E-state index in [-0.39, 0.29) is 11.4 Å². The first-order valence-electron chi connectivity index (χ1n) is 5.62. The van der Waals surface area contributed by atoms with Crippen molar-refractivity contribution in [3.63, 3.8) is 0 Å². The minimum atomic E-state index is -0.366. The second-order valence-corrected chi connectivity index (χ2v) is 4.84. The average molecular weight is 231 g/mol. The first kappa shape index (κ1) is 13.2. The van der Waals surface area contributed by atoms with Gasteiger partial charge in [-0.3, -0.25) is 0 Å². The predicted octanol–water partition coefficient (Wildman–Crippen LogP) is 3.03. The molecule has 0 spiro atoms. The summed E-state index contributed by atoms with van der Waals surface area (Å²) < 4.78 is 5.01. The molecule has 0 saturated carbocycles. The second-order valence-electron chi connectivity index (χ2n) is 4.84. The van der Waals surface area contributed by atoms with Gasteiger partial charge in [0.2, 0.25) is 0 Å². The van der Waals surface area contributed by atoms with Crippen molar-refractivity contribution < 1.29 is 9.53 Å². The highest BCUT2D eigenvalue weighted by Crippen LogP contribution is 2.27. The largest absolute Gasteiger partial charge is 0.462 e. The number of ether oxygens (including phenoxy) is 1. The molecular formula is C14H17NO2. The van der Waals surface area contributed by atoms with Gasteiger partial charge in [0.05, 0.1) is 23.8 Å². The summed E-state index contributed by atoms with van der Waals surface area (Å²) in [4.78, 5) is 11.8. The topological polar surface area (TPSA) is 50.1 Å². The van der Waals surface area contributed by atoms with Crippen LogP contribution in [0.3, 0.4) is 0 Å². The molecule has 0 aliphatic heterocycles. The molecule has 0 fully saturated rings. The molecule has 0 aliphatic rings. The van der Waals surface area contributed by atoms with E-state index in [2.05, 4.69) is 0 Å². The molecule has 90 valence electrons. The van der Waals surface area contributed by atoms with E-state index in [4.69, 9.17) is 10.00 Å². The summed E-state index contributed by atoms with van der Waals surface area (Å²) in [6, 6.07) is 7.18. The van der Waals surface area contributed by atoms with Gasteiger partial charge in [0, 0.05) is 0 Å². The molecule has 0 aromatic heterocycles. The van der Waals surface area contributed by atoms with Crippen LogP contribution in [0.4, 0.5) is 0 Å². The quantitative estimate of drug-likeness (QED) is 0.735. The Labute approximate surface area is 102 Å². The molecule has 0 atom stereocenters. The Kier molecular flexibility index (Phi) is 3.90. The Balaban J connectivity index is 3.32. The number of hydrogen-bond donors (Lipinski definition) is 0. The SMILES string of the molecule is CCOC(=O)c1cc(C#N)ccc1C(C)(C)C. The maximum absolute atomic E-state index is 11.8. The third-order valence-electron chi connectivity index (χ3n) is 2.45. The molecule has 3 heteroatoms. The van der Waals surface area contributed by atoms with E-state index >= 15 is 0 Å². The zero-order valence-corrected chi connectivity index (χ0v) is 10.7. The number of hydrogen-bond acceptors (Lipinski definition) is 3. The fraction of sp³-hybridized carbons (Fsp3) is 0.429. The second kappa shape index (κ2) is 5.01. The zero-order valence-electron chi connectivity index (χ0n) is 10.7. The lowest BCUT2D eigenvalue weighted by Crippen LogP contribution is -2.18. The van der Waals surface area contributed by atoms with Crippen molar-refractivity contribution in [3.8, 4) is 6.07 Å². The Morgan fingerprint density at radius 2 is 2.06 bits per heavy atom. The first-order valence-corrected chi connectivity index (χ1v) is 5.62. The molecule has 0 radical (unpaired) electrons. The van der Waals surface area contributed by atoms with Crippen LogP contribution in [0.15, 0.2) is 18.2 Å². The van der Waals surface area contributed by atoms with Gasteiger partial charge in [0.1, 0.15) is 0 Å². The number of rotatable bonds is 2. The molecule has 0 amide bonds. The Morgan fingerprint density at radius 1 is 1.41 bits per heavy atom. The summed E-state index contributed by atoms with van der Waals surface area (Å²) >= 11 is 0. The van der Waals surface area contributed by atoms with Gasteiger partial charge < -0.3 is 4.74 Å². The summed E-state index contributed by atoms with van der Waals surface area (Å²) in [5.41, 5.74) is 1.70. The highest BCUT2D eigenvalue weighted by Gasteiger charge is 2.22. The Hall–Kier alpha value is -1.82. The van der Waals surface area contributed by atoms with Gasteiger partial charge in [-0.25, -0.2) is 4.79 Å². The van der Waals surface area contributed by atoms with Crippen molar-refractivity contribution in [1.29, 1.82) is 5.26 Å². The van der Waals surface area contributed by atoms with E-state index < -0.39 is 0 Å². The molecule has 17 heavy (non-hydrogen) atoms. The maximum Gasteiger partial charge on any atom is 0.338 e. The van der Waals surface area contributed by atoms with Crippen molar-refractivity contribution in [2.24, 2.45) is 0 Å². The monoisotopic (exact) mass is 231 g/mol. The summed E-state index contributed by atoms with van der Waals surface area (Å²) in [5.74, 6) is -0.366. The van der Waals surface area contributed by atoms with Crippen LogP contribution in [0, 0.1) is 11.3 Å². The van der Waals surface area contributed by atoms with Gasteiger partial charge in [-0.2, -0.15) is 5.26 Å². The van der Waals surface area contributed by atoms with Gasteiger partial charge in [-0.15, -0.1) is 0 Å². The fourth-order valence-electron chi connectivity index (χ4n) is 1.65. The number of carbonyl (C=O) groups is 1. The third kappa shape index (κ3) is 3.07. The van der Waals surface area contributed by atoms with Crippen LogP contribution in [0.2, 0.25) is 0 Å². The smallest absolute Gasteiger partial charge is 0.338 e. The molecule has 3 nitrogen and oxygen atoms in total. The number of benzene rings is 1. The van der Waals surface area contributed by atoms with E-state index in [1.807, 2.05) is 32.9 Å². The normalized spacial score (nSPS) is 10.8. The highest BCUT2D eigenvalue weighted by molar-refractivity contribution is 5.92. The predicted molar refractivity (Wildman–Crippen MR) is 65.8 cm³/mol. The van der Waals surface area contributed by atoms with Crippen LogP contribution in [-0.2, 0) is 10.2 Å². The fourth-order valence-corrected chi connectivity index (χ4v) is 1.65. The summed E-state index contributed by atoms with van der Waals surface area (Å²) in [5, 5.41) is 8.87. The van der Waals surface area contributed by atoms with Crippen LogP contribution in [0.25, 0.3) is 0 Å². The van der Waals surface area contributed by atoms with Crippen LogP contribution in [-0.4, -0.2) is 12.6 Å². The van der Waals surface area contributed by atoms with Gasteiger partial charge in [0.15, 0.2) is 0 Å². The van der Waals surface area contributed by atoms with Crippen LogP contribution in [0.5, 0.6) is 0 Å².